The topological polar surface area (TPSA) is 68.8 Å². The maximum atomic E-state index is 12.2. The zero-order valence-corrected chi connectivity index (χ0v) is 12.6. The summed E-state index contributed by atoms with van der Waals surface area (Å²) in [6.45, 7) is 3.79. The Labute approximate surface area is 124 Å². The molecule has 116 valence electrons. The normalized spacial score (nSPS) is 19.7. The van der Waals surface area contributed by atoms with Crippen molar-refractivity contribution in [3.05, 3.63) is 23.8 Å². The Bertz CT molecular complexity index is 487. The first kappa shape index (κ1) is 15.6. The Kier molecular flexibility index (Phi) is 5.41. The fourth-order valence-corrected chi connectivity index (χ4v) is 2.29. The third-order valence-electron chi connectivity index (χ3n) is 3.49. The summed E-state index contributed by atoms with van der Waals surface area (Å²) in [4.78, 5) is 12.2. The second-order valence-electron chi connectivity index (χ2n) is 4.90. The number of carbonyl (C=O) groups excluding carboxylic acids is 1. The maximum Gasteiger partial charge on any atom is 0.250 e. The van der Waals surface area contributed by atoms with Crippen LogP contribution >= 0.6 is 0 Å². The van der Waals surface area contributed by atoms with Crippen molar-refractivity contribution in [2.75, 3.05) is 33.9 Å². The molecule has 1 amide bonds. The van der Waals surface area contributed by atoms with Gasteiger partial charge in [0.1, 0.15) is 17.6 Å². The van der Waals surface area contributed by atoms with E-state index in [1.54, 1.807) is 20.3 Å². The molecule has 1 aromatic rings. The van der Waals surface area contributed by atoms with Crippen LogP contribution < -0.4 is 20.1 Å². The standard InChI is InChI=1S/C15H22N2O4/c1-10(17-15(18)14-9-16-6-7-21-14)12-5-4-11(19-2)8-13(12)20-3/h4-5,8,10,14,16H,6-7,9H2,1-3H3,(H,17,18). The summed E-state index contributed by atoms with van der Waals surface area (Å²) >= 11 is 0. The minimum absolute atomic E-state index is 0.118. The van der Waals surface area contributed by atoms with Gasteiger partial charge in [-0.3, -0.25) is 4.79 Å². The van der Waals surface area contributed by atoms with Crippen LogP contribution in [0.4, 0.5) is 0 Å². The summed E-state index contributed by atoms with van der Waals surface area (Å²) in [7, 11) is 3.20. The number of nitrogens with one attached hydrogen (secondary N) is 2. The Balaban J connectivity index is 2.05. The molecule has 1 aromatic carbocycles. The maximum absolute atomic E-state index is 12.2. The molecule has 0 radical (unpaired) electrons. The van der Waals surface area contributed by atoms with E-state index in [1.165, 1.54) is 0 Å². The summed E-state index contributed by atoms with van der Waals surface area (Å²) in [5.74, 6) is 1.28. The van der Waals surface area contributed by atoms with Crippen LogP contribution in [0.5, 0.6) is 11.5 Å². The van der Waals surface area contributed by atoms with E-state index in [2.05, 4.69) is 10.6 Å². The molecule has 1 fully saturated rings. The lowest BCUT2D eigenvalue weighted by Gasteiger charge is -2.25. The minimum Gasteiger partial charge on any atom is -0.497 e. The molecule has 2 N–H and O–H groups in total. The van der Waals surface area contributed by atoms with Crippen molar-refractivity contribution in [1.82, 2.24) is 10.6 Å². The average Bonchev–Trinajstić information content (AvgIpc) is 2.54. The van der Waals surface area contributed by atoms with Gasteiger partial charge in [-0.1, -0.05) is 0 Å². The lowest BCUT2D eigenvalue weighted by molar-refractivity contribution is -0.134. The summed E-state index contributed by atoms with van der Waals surface area (Å²) in [5.41, 5.74) is 0.899. The van der Waals surface area contributed by atoms with Crippen LogP contribution in [0.2, 0.25) is 0 Å². The highest BCUT2D eigenvalue weighted by Crippen LogP contribution is 2.29. The molecule has 0 saturated carbocycles. The van der Waals surface area contributed by atoms with E-state index >= 15 is 0 Å². The Morgan fingerprint density at radius 1 is 1.43 bits per heavy atom. The molecule has 6 heteroatoms. The van der Waals surface area contributed by atoms with E-state index in [-0.39, 0.29) is 11.9 Å². The van der Waals surface area contributed by atoms with E-state index in [0.29, 0.717) is 24.7 Å². The van der Waals surface area contributed by atoms with Crippen molar-refractivity contribution in [1.29, 1.82) is 0 Å². The Hall–Kier alpha value is -1.79. The highest BCUT2D eigenvalue weighted by atomic mass is 16.5. The Morgan fingerprint density at radius 3 is 2.86 bits per heavy atom. The predicted octanol–water partition coefficient (Wildman–Crippen LogP) is 0.869. The molecule has 0 aromatic heterocycles. The van der Waals surface area contributed by atoms with E-state index < -0.39 is 6.10 Å². The highest BCUT2D eigenvalue weighted by Gasteiger charge is 2.24. The fourth-order valence-electron chi connectivity index (χ4n) is 2.29. The molecule has 1 saturated heterocycles. The van der Waals surface area contributed by atoms with Gasteiger partial charge in [0.25, 0.3) is 5.91 Å². The zero-order valence-electron chi connectivity index (χ0n) is 12.6. The lowest BCUT2D eigenvalue weighted by atomic mass is 10.1. The van der Waals surface area contributed by atoms with Gasteiger partial charge in [0.15, 0.2) is 0 Å². The van der Waals surface area contributed by atoms with Gasteiger partial charge in [-0.2, -0.15) is 0 Å². The monoisotopic (exact) mass is 294 g/mol. The SMILES string of the molecule is COc1ccc(C(C)NC(=O)C2CNCCO2)c(OC)c1. The molecule has 1 aliphatic heterocycles. The fraction of sp³-hybridized carbons (Fsp3) is 0.533. The van der Waals surface area contributed by atoms with Gasteiger partial charge < -0.3 is 24.8 Å². The van der Waals surface area contributed by atoms with Crippen LogP contribution in [-0.2, 0) is 9.53 Å². The van der Waals surface area contributed by atoms with Crippen LogP contribution in [0.25, 0.3) is 0 Å². The van der Waals surface area contributed by atoms with Gasteiger partial charge in [-0.05, 0) is 19.1 Å². The quantitative estimate of drug-likeness (QED) is 0.843. The number of benzene rings is 1. The number of ether oxygens (including phenoxy) is 3. The van der Waals surface area contributed by atoms with Crippen LogP contribution in [-0.4, -0.2) is 45.9 Å². The van der Waals surface area contributed by atoms with Gasteiger partial charge in [-0.15, -0.1) is 0 Å². The van der Waals surface area contributed by atoms with Crippen molar-refractivity contribution in [3.63, 3.8) is 0 Å². The molecule has 0 aliphatic carbocycles. The number of hydrogen-bond acceptors (Lipinski definition) is 5. The number of methoxy groups -OCH3 is 2. The molecule has 1 aliphatic rings. The van der Waals surface area contributed by atoms with E-state index in [1.807, 2.05) is 19.1 Å². The van der Waals surface area contributed by atoms with Crippen molar-refractivity contribution >= 4 is 5.91 Å². The molecule has 2 unspecified atom stereocenters. The van der Waals surface area contributed by atoms with Crippen molar-refractivity contribution in [2.45, 2.75) is 19.1 Å². The van der Waals surface area contributed by atoms with Crippen molar-refractivity contribution in [2.24, 2.45) is 0 Å². The lowest BCUT2D eigenvalue weighted by Crippen LogP contribution is -2.48. The van der Waals surface area contributed by atoms with Crippen LogP contribution in [0.1, 0.15) is 18.5 Å². The van der Waals surface area contributed by atoms with Crippen molar-refractivity contribution < 1.29 is 19.0 Å². The molecule has 0 spiro atoms. The first-order valence-electron chi connectivity index (χ1n) is 7.00. The third kappa shape index (κ3) is 3.86. The number of hydrogen-bond donors (Lipinski definition) is 2. The molecule has 1 heterocycles. The first-order chi connectivity index (χ1) is 10.2. The second-order valence-corrected chi connectivity index (χ2v) is 4.90. The van der Waals surface area contributed by atoms with Gasteiger partial charge in [0.05, 0.1) is 26.9 Å². The molecular weight excluding hydrogens is 272 g/mol. The Morgan fingerprint density at radius 2 is 2.24 bits per heavy atom. The molecule has 2 atom stereocenters. The molecule has 21 heavy (non-hydrogen) atoms. The number of rotatable bonds is 5. The largest absolute Gasteiger partial charge is 0.497 e. The van der Waals surface area contributed by atoms with Gasteiger partial charge in [0.2, 0.25) is 0 Å². The van der Waals surface area contributed by atoms with Crippen LogP contribution in [0, 0.1) is 0 Å². The first-order valence-corrected chi connectivity index (χ1v) is 7.00. The van der Waals surface area contributed by atoms with Gasteiger partial charge in [-0.25, -0.2) is 0 Å². The van der Waals surface area contributed by atoms with E-state index in [4.69, 9.17) is 14.2 Å². The summed E-state index contributed by atoms with van der Waals surface area (Å²) < 4.78 is 16.0. The molecule has 0 bridgehead atoms. The smallest absolute Gasteiger partial charge is 0.250 e. The van der Waals surface area contributed by atoms with Gasteiger partial charge in [0, 0.05) is 24.7 Å². The number of morpholine rings is 1. The second kappa shape index (κ2) is 7.28. The molecular formula is C15H22N2O4. The van der Waals surface area contributed by atoms with Gasteiger partial charge >= 0.3 is 0 Å². The summed E-state index contributed by atoms with van der Waals surface area (Å²) in [6, 6.07) is 5.36. The third-order valence-corrected chi connectivity index (χ3v) is 3.49. The summed E-state index contributed by atoms with van der Waals surface area (Å²) in [5, 5.41) is 6.09. The van der Waals surface area contributed by atoms with Crippen LogP contribution in [0.15, 0.2) is 18.2 Å². The summed E-state index contributed by atoms with van der Waals surface area (Å²) in [6.07, 6.45) is -0.439. The molecule has 6 nitrogen and oxygen atoms in total. The van der Waals surface area contributed by atoms with E-state index in [9.17, 15) is 4.79 Å². The minimum atomic E-state index is -0.439. The predicted molar refractivity (Wildman–Crippen MR) is 78.7 cm³/mol. The van der Waals surface area contributed by atoms with Crippen LogP contribution in [0.3, 0.4) is 0 Å². The number of amides is 1. The molecule has 2 rings (SSSR count). The average molecular weight is 294 g/mol. The highest BCUT2D eigenvalue weighted by molar-refractivity contribution is 5.81. The van der Waals surface area contributed by atoms with E-state index in [0.717, 1.165) is 12.1 Å². The zero-order chi connectivity index (χ0) is 15.2. The number of carbonyl (C=O) groups is 1. The van der Waals surface area contributed by atoms with Crippen molar-refractivity contribution in [3.8, 4) is 11.5 Å².